The normalized spacial score (nSPS) is 13.9. The van der Waals surface area contributed by atoms with Crippen LogP contribution in [0.3, 0.4) is 0 Å². The molecule has 1 aliphatic rings. The number of ether oxygens (including phenoxy) is 1. The predicted molar refractivity (Wildman–Crippen MR) is 80.5 cm³/mol. The molecule has 1 aromatic carbocycles. The summed E-state index contributed by atoms with van der Waals surface area (Å²) in [5.74, 6) is 0.345. The number of nitrogens with zero attached hydrogens (tertiary/aromatic N) is 3. The first kappa shape index (κ1) is 15.8. The first-order chi connectivity index (χ1) is 10.6. The fourth-order valence-corrected chi connectivity index (χ4v) is 2.46. The van der Waals surface area contributed by atoms with Gasteiger partial charge in [0.25, 0.3) is 5.91 Å². The van der Waals surface area contributed by atoms with E-state index in [1.807, 2.05) is 6.07 Å². The number of likely N-dealkylation sites (tertiary alicyclic amines) is 1. The molecule has 0 atom stereocenters. The number of hydrogen-bond donors (Lipinski definition) is 0. The lowest BCUT2D eigenvalue weighted by atomic mass is 10.1. The Labute approximate surface area is 129 Å². The Morgan fingerprint density at radius 1 is 1.50 bits per heavy atom. The number of likely N-dealkylation sites (N-methyl/N-ethyl adjacent to an activating group) is 1. The van der Waals surface area contributed by atoms with E-state index in [2.05, 4.69) is 0 Å². The molecule has 2 amide bonds. The van der Waals surface area contributed by atoms with Gasteiger partial charge in [-0.2, -0.15) is 5.26 Å². The molecule has 0 N–H and O–H groups in total. The van der Waals surface area contributed by atoms with Gasteiger partial charge in [-0.15, -0.1) is 0 Å². The first-order valence-electron chi connectivity index (χ1n) is 7.18. The number of amides is 2. The van der Waals surface area contributed by atoms with Gasteiger partial charge in [0.2, 0.25) is 5.91 Å². The van der Waals surface area contributed by atoms with Gasteiger partial charge in [0.1, 0.15) is 5.75 Å². The molecular formula is C16H19N3O3. The van der Waals surface area contributed by atoms with Crippen LogP contribution in [0, 0.1) is 11.3 Å². The highest BCUT2D eigenvalue weighted by molar-refractivity contribution is 5.97. The molecule has 1 heterocycles. The van der Waals surface area contributed by atoms with Gasteiger partial charge in [-0.05, 0) is 24.6 Å². The van der Waals surface area contributed by atoms with Crippen LogP contribution >= 0.6 is 0 Å². The highest BCUT2D eigenvalue weighted by Crippen LogP contribution is 2.21. The van der Waals surface area contributed by atoms with E-state index >= 15 is 0 Å². The summed E-state index contributed by atoms with van der Waals surface area (Å²) in [4.78, 5) is 27.4. The number of rotatable bonds is 5. The van der Waals surface area contributed by atoms with Crippen molar-refractivity contribution >= 4 is 11.8 Å². The van der Waals surface area contributed by atoms with Crippen molar-refractivity contribution in [2.75, 3.05) is 33.8 Å². The van der Waals surface area contributed by atoms with Gasteiger partial charge < -0.3 is 14.5 Å². The molecule has 116 valence electrons. The SMILES string of the molecule is COc1cc(C#N)ccc1C(=O)N(C)CCN1CCCC1=O. The molecule has 22 heavy (non-hydrogen) atoms. The minimum atomic E-state index is -0.187. The molecule has 0 saturated carbocycles. The zero-order valence-electron chi connectivity index (χ0n) is 12.8. The molecule has 2 rings (SSSR count). The molecule has 1 saturated heterocycles. The molecular weight excluding hydrogens is 282 g/mol. The second-order valence-electron chi connectivity index (χ2n) is 5.24. The van der Waals surface area contributed by atoms with Crippen LogP contribution in [0.1, 0.15) is 28.8 Å². The smallest absolute Gasteiger partial charge is 0.257 e. The maximum Gasteiger partial charge on any atom is 0.257 e. The van der Waals surface area contributed by atoms with E-state index in [0.717, 1.165) is 13.0 Å². The van der Waals surface area contributed by atoms with Crippen LogP contribution in [-0.4, -0.2) is 55.4 Å². The van der Waals surface area contributed by atoms with Crippen molar-refractivity contribution in [2.24, 2.45) is 0 Å². The Kier molecular flexibility index (Phi) is 4.99. The van der Waals surface area contributed by atoms with Crippen molar-refractivity contribution in [1.29, 1.82) is 5.26 Å². The summed E-state index contributed by atoms with van der Waals surface area (Å²) in [6.45, 7) is 1.77. The largest absolute Gasteiger partial charge is 0.496 e. The quantitative estimate of drug-likeness (QED) is 0.820. The molecule has 0 aromatic heterocycles. The van der Waals surface area contributed by atoms with Crippen LogP contribution in [0.4, 0.5) is 0 Å². The monoisotopic (exact) mass is 301 g/mol. The summed E-state index contributed by atoms with van der Waals surface area (Å²) in [5.41, 5.74) is 0.857. The van der Waals surface area contributed by atoms with Gasteiger partial charge in [-0.3, -0.25) is 9.59 Å². The van der Waals surface area contributed by atoms with E-state index in [1.54, 1.807) is 35.0 Å². The molecule has 6 nitrogen and oxygen atoms in total. The van der Waals surface area contributed by atoms with Crippen molar-refractivity contribution in [3.8, 4) is 11.8 Å². The zero-order chi connectivity index (χ0) is 16.1. The second-order valence-corrected chi connectivity index (χ2v) is 5.24. The molecule has 0 bridgehead atoms. The third kappa shape index (κ3) is 3.37. The van der Waals surface area contributed by atoms with Crippen molar-refractivity contribution < 1.29 is 14.3 Å². The summed E-state index contributed by atoms with van der Waals surface area (Å²) < 4.78 is 5.19. The molecule has 0 aliphatic carbocycles. The van der Waals surface area contributed by atoms with Crippen LogP contribution in [0.15, 0.2) is 18.2 Å². The lowest BCUT2D eigenvalue weighted by Crippen LogP contribution is -2.37. The Balaban J connectivity index is 2.04. The minimum Gasteiger partial charge on any atom is -0.496 e. The summed E-state index contributed by atoms with van der Waals surface area (Å²) in [6, 6.07) is 6.75. The Morgan fingerprint density at radius 3 is 2.86 bits per heavy atom. The van der Waals surface area contributed by atoms with Gasteiger partial charge in [-0.25, -0.2) is 0 Å². The van der Waals surface area contributed by atoms with Crippen LogP contribution in [0.25, 0.3) is 0 Å². The molecule has 1 aromatic rings. The Hall–Kier alpha value is -2.55. The third-order valence-corrected chi connectivity index (χ3v) is 3.78. The number of methoxy groups -OCH3 is 1. The second kappa shape index (κ2) is 6.94. The fourth-order valence-electron chi connectivity index (χ4n) is 2.46. The topological polar surface area (TPSA) is 73.6 Å². The Bertz CT molecular complexity index is 622. The van der Waals surface area contributed by atoms with Crippen LogP contribution < -0.4 is 4.74 Å². The van der Waals surface area contributed by atoms with Crippen LogP contribution in [0.5, 0.6) is 5.75 Å². The van der Waals surface area contributed by atoms with Gasteiger partial charge >= 0.3 is 0 Å². The first-order valence-corrected chi connectivity index (χ1v) is 7.18. The maximum absolute atomic E-state index is 12.5. The number of nitriles is 1. The van der Waals surface area contributed by atoms with Crippen molar-refractivity contribution in [3.63, 3.8) is 0 Å². The van der Waals surface area contributed by atoms with Crippen LogP contribution in [-0.2, 0) is 4.79 Å². The zero-order valence-corrected chi connectivity index (χ0v) is 12.8. The average molecular weight is 301 g/mol. The number of carbonyl (C=O) groups is 2. The highest BCUT2D eigenvalue weighted by Gasteiger charge is 2.22. The fraction of sp³-hybridized carbons (Fsp3) is 0.438. The number of benzene rings is 1. The summed E-state index contributed by atoms with van der Waals surface area (Å²) >= 11 is 0. The van der Waals surface area contributed by atoms with E-state index in [0.29, 0.717) is 36.4 Å². The number of carbonyl (C=O) groups excluding carboxylic acids is 2. The summed E-state index contributed by atoms with van der Waals surface area (Å²) in [6.07, 6.45) is 1.49. The molecule has 0 unspecified atom stereocenters. The molecule has 1 fully saturated rings. The Morgan fingerprint density at radius 2 is 2.27 bits per heavy atom. The highest BCUT2D eigenvalue weighted by atomic mass is 16.5. The van der Waals surface area contributed by atoms with Gasteiger partial charge in [0, 0.05) is 33.1 Å². The van der Waals surface area contributed by atoms with Gasteiger partial charge in [0.05, 0.1) is 24.3 Å². The standard InChI is InChI=1S/C16H19N3O3/c1-18(8-9-19-7-3-4-15(19)20)16(21)13-6-5-12(11-17)10-14(13)22-2/h5-6,10H,3-4,7-9H2,1-2H3. The van der Waals surface area contributed by atoms with Gasteiger partial charge in [-0.1, -0.05) is 0 Å². The number of hydrogen-bond acceptors (Lipinski definition) is 4. The summed E-state index contributed by atoms with van der Waals surface area (Å²) in [5, 5.41) is 8.89. The predicted octanol–water partition coefficient (Wildman–Crippen LogP) is 1.26. The van der Waals surface area contributed by atoms with Crippen molar-refractivity contribution in [1.82, 2.24) is 9.80 Å². The molecule has 0 radical (unpaired) electrons. The lowest BCUT2D eigenvalue weighted by Gasteiger charge is -2.22. The minimum absolute atomic E-state index is 0.150. The van der Waals surface area contributed by atoms with Crippen molar-refractivity contribution in [3.05, 3.63) is 29.3 Å². The van der Waals surface area contributed by atoms with E-state index in [1.165, 1.54) is 7.11 Å². The molecule has 1 aliphatic heterocycles. The van der Waals surface area contributed by atoms with E-state index < -0.39 is 0 Å². The third-order valence-electron chi connectivity index (χ3n) is 3.78. The maximum atomic E-state index is 12.5. The average Bonchev–Trinajstić information content (AvgIpc) is 2.96. The van der Waals surface area contributed by atoms with E-state index in [-0.39, 0.29) is 11.8 Å². The molecule has 0 spiro atoms. The van der Waals surface area contributed by atoms with Crippen LogP contribution in [0.2, 0.25) is 0 Å². The van der Waals surface area contributed by atoms with E-state index in [4.69, 9.17) is 10.00 Å². The molecule has 6 heteroatoms. The summed E-state index contributed by atoms with van der Waals surface area (Å²) in [7, 11) is 3.16. The van der Waals surface area contributed by atoms with Gasteiger partial charge in [0.15, 0.2) is 0 Å². The lowest BCUT2D eigenvalue weighted by molar-refractivity contribution is -0.127. The van der Waals surface area contributed by atoms with E-state index in [9.17, 15) is 9.59 Å². The van der Waals surface area contributed by atoms with Crippen molar-refractivity contribution in [2.45, 2.75) is 12.8 Å².